The Morgan fingerprint density at radius 2 is 2.12 bits per heavy atom. The number of nitrogens with two attached hydrogens (primary N) is 1. The van der Waals surface area contributed by atoms with Crippen LogP contribution in [0.2, 0.25) is 0 Å². The van der Waals surface area contributed by atoms with Crippen LogP contribution in [0.1, 0.15) is 36.5 Å². The highest BCUT2D eigenvalue weighted by Crippen LogP contribution is 2.33. The fourth-order valence-electron chi connectivity index (χ4n) is 3.14. The number of nitrogens with one attached hydrogen (secondary N) is 1. The zero-order valence-electron chi connectivity index (χ0n) is 14.5. The van der Waals surface area contributed by atoms with E-state index in [0.717, 1.165) is 25.2 Å². The molecule has 0 aliphatic carbocycles. The van der Waals surface area contributed by atoms with Crippen molar-refractivity contribution in [2.45, 2.75) is 32.2 Å². The van der Waals surface area contributed by atoms with Crippen LogP contribution in [0, 0.1) is 0 Å². The smallest absolute Gasteiger partial charge is 0.339 e. The van der Waals surface area contributed by atoms with E-state index in [1.54, 1.807) is 18.2 Å². The molecule has 7 nitrogen and oxygen atoms in total. The third-order valence-corrected chi connectivity index (χ3v) is 4.52. The minimum absolute atomic E-state index is 0.390. The molecule has 0 bridgehead atoms. The molecule has 3 rings (SSSR count). The van der Waals surface area contributed by atoms with Gasteiger partial charge in [-0.25, -0.2) is 14.8 Å². The maximum atomic E-state index is 11.9. The number of nitrogen functional groups attached to an aromatic ring is 1. The number of hydrogen-bond acceptors (Lipinski definition) is 7. The second kappa shape index (κ2) is 7.38. The Hall–Kier alpha value is -2.83. The predicted octanol–water partition coefficient (Wildman–Crippen LogP) is 2.97. The molecule has 25 heavy (non-hydrogen) atoms. The largest absolute Gasteiger partial charge is 0.465 e. The van der Waals surface area contributed by atoms with Crippen molar-refractivity contribution in [2.75, 3.05) is 29.6 Å². The number of nitrogens with zero attached hydrogens (tertiary/aromatic N) is 3. The predicted molar refractivity (Wildman–Crippen MR) is 98.2 cm³/mol. The van der Waals surface area contributed by atoms with Crippen LogP contribution in [-0.4, -0.2) is 35.6 Å². The monoisotopic (exact) mass is 341 g/mol. The average Bonchev–Trinajstić information content (AvgIpc) is 2.64. The normalized spacial score (nSPS) is 17.2. The zero-order valence-corrected chi connectivity index (χ0v) is 14.5. The fraction of sp³-hybridized carbons (Fsp3) is 0.389. The minimum Gasteiger partial charge on any atom is -0.465 e. The summed E-state index contributed by atoms with van der Waals surface area (Å²) in [4.78, 5) is 22.8. The first-order valence-corrected chi connectivity index (χ1v) is 8.43. The third-order valence-electron chi connectivity index (χ3n) is 4.52. The van der Waals surface area contributed by atoms with E-state index in [1.807, 2.05) is 6.07 Å². The SMILES string of the molecule is COC(=O)c1ccccc1Nc1ncnc(N2CCCCC2C)c1N. The highest BCUT2D eigenvalue weighted by Gasteiger charge is 2.23. The summed E-state index contributed by atoms with van der Waals surface area (Å²) >= 11 is 0. The van der Waals surface area contributed by atoms with E-state index in [1.165, 1.54) is 19.9 Å². The maximum Gasteiger partial charge on any atom is 0.339 e. The Kier molecular flexibility index (Phi) is 5.02. The summed E-state index contributed by atoms with van der Waals surface area (Å²) in [6, 6.07) is 7.48. The molecule has 7 heteroatoms. The molecule has 0 spiro atoms. The van der Waals surface area contributed by atoms with Crippen LogP contribution in [-0.2, 0) is 4.74 Å². The lowest BCUT2D eigenvalue weighted by molar-refractivity contribution is 0.0602. The van der Waals surface area contributed by atoms with Gasteiger partial charge in [-0.3, -0.25) is 0 Å². The van der Waals surface area contributed by atoms with Crippen LogP contribution in [0.15, 0.2) is 30.6 Å². The molecule has 1 aromatic heterocycles. The van der Waals surface area contributed by atoms with E-state index in [-0.39, 0.29) is 0 Å². The molecule has 1 atom stereocenters. The summed E-state index contributed by atoms with van der Waals surface area (Å²) in [6.07, 6.45) is 4.97. The first-order valence-electron chi connectivity index (χ1n) is 8.43. The standard InChI is InChI=1S/C18H23N5O2/c1-12-7-5-6-10-23(12)17-15(19)16(20-11-21-17)22-14-9-4-3-8-13(14)18(24)25-2/h3-4,8-9,11-12H,5-7,10,19H2,1-2H3,(H,20,21,22). The van der Waals surface area contributed by atoms with E-state index in [0.29, 0.717) is 28.8 Å². The van der Waals surface area contributed by atoms with Crippen molar-refractivity contribution in [3.63, 3.8) is 0 Å². The maximum absolute atomic E-state index is 11.9. The zero-order chi connectivity index (χ0) is 17.8. The Balaban J connectivity index is 1.92. The molecular formula is C18H23N5O2. The van der Waals surface area contributed by atoms with Gasteiger partial charge in [0.2, 0.25) is 0 Å². The molecule has 132 valence electrons. The van der Waals surface area contributed by atoms with Crippen molar-refractivity contribution in [1.29, 1.82) is 0 Å². The van der Waals surface area contributed by atoms with Crippen LogP contribution >= 0.6 is 0 Å². The lowest BCUT2D eigenvalue weighted by Gasteiger charge is -2.35. The van der Waals surface area contributed by atoms with Gasteiger partial charge in [0.1, 0.15) is 12.0 Å². The number of aromatic nitrogens is 2. The Morgan fingerprint density at radius 3 is 2.88 bits per heavy atom. The number of methoxy groups -OCH3 is 1. The molecule has 1 aliphatic rings. The van der Waals surface area contributed by atoms with Crippen LogP contribution < -0.4 is 16.0 Å². The van der Waals surface area contributed by atoms with Gasteiger partial charge in [0.15, 0.2) is 11.6 Å². The molecule has 1 fully saturated rings. The molecule has 3 N–H and O–H groups in total. The van der Waals surface area contributed by atoms with Gasteiger partial charge in [-0.05, 0) is 38.3 Å². The Labute approximate surface area is 147 Å². The summed E-state index contributed by atoms with van der Waals surface area (Å²) in [5.41, 5.74) is 7.84. The molecule has 2 heterocycles. The van der Waals surface area contributed by atoms with Gasteiger partial charge in [-0.1, -0.05) is 12.1 Å². The molecule has 1 unspecified atom stereocenters. The van der Waals surface area contributed by atoms with Gasteiger partial charge in [-0.2, -0.15) is 0 Å². The van der Waals surface area contributed by atoms with Crippen molar-refractivity contribution in [2.24, 2.45) is 0 Å². The molecular weight excluding hydrogens is 318 g/mol. The Morgan fingerprint density at radius 1 is 1.32 bits per heavy atom. The number of ether oxygens (including phenoxy) is 1. The molecule has 1 saturated heterocycles. The van der Waals surface area contributed by atoms with Gasteiger partial charge in [0.05, 0.1) is 18.4 Å². The molecule has 0 saturated carbocycles. The van der Waals surface area contributed by atoms with Gasteiger partial charge < -0.3 is 20.7 Å². The number of rotatable bonds is 4. The van der Waals surface area contributed by atoms with Crippen LogP contribution in [0.4, 0.5) is 23.0 Å². The summed E-state index contributed by atoms with van der Waals surface area (Å²) in [5.74, 6) is 0.806. The second-order valence-corrected chi connectivity index (χ2v) is 6.16. The summed E-state index contributed by atoms with van der Waals surface area (Å²) in [6.45, 7) is 3.11. The molecule has 0 amide bonds. The number of hydrogen-bond donors (Lipinski definition) is 2. The van der Waals surface area contributed by atoms with E-state index >= 15 is 0 Å². The highest BCUT2D eigenvalue weighted by atomic mass is 16.5. The summed E-state index contributed by atoms with van der Waals surface area (Å²) < 4.78 is 4.83. The van der Waals surface area contributed by atoms with E-state index in [2.05, 4.69) is 27.1 Å². The van der Waals surface area contributed by atoms with Crippen molar-refractivity contribution in [1.82, 2.24) is 9.97 Å². The number of piperidine rings is 1. The lowest BCUT2D eigenvalue weighted by Crippen LogP contribution is -2.38. The number of benzene rings is 1. The van der Waals surface area contributed by atoms with Crippen molar-refractivity contribution in [3.05, 3.63) is 36.2 Å². The first-order chi connectivity index (χ1) is 12.1. The summed E-state index contributed by atoms with van der Waals surface area (Å²) in [5, 5.41) is 3.15. The van der Waals surface area contributed by atoms with Crippen molar-refractivity contribution >= 4 is 29.0 Å². The topological polar surface area (TPSA) is 93.4 Å². The van der Waals surface area contributed by atoms with Crippen molar-refractivity contribution < 1.29 is 9.53 Å². The van der Waals surface area contributed by atoms with Gasteiger partial charge in [0.25, 0.3) is 0 Å². The van der Waals surface area contributed by atoms with Gasteiger partial charge in [0, 0.05) is 12.6 Å². The van der Waals surface area contributed by atoms with Crippen LogP contribution in [0.5, 0.6) is 0 Å². The average molecular weight is 341 g/mol. The lowest BCUT2D eigenvalue weighted by atomic mass is 10.0. The number of esters is 1. The highest BCUT2D eigenvalue weighted by molar-refractivity contribution is 5.97. The van der Waals surface area contributed by atoms with Gasteiger partial charge in [-0.15, -0.1) is 0 Å². The molecule has 1 aromatic carbocycles. The second-order valence-electron chi connectivity index (χ2n) is 6.16. The summed E-state index contributed by atoms with van der Waals surface area (Å²) in [7, 11) is 1.36. The molecule has 1 aliphatic heterocycles. The Bertz CT molecular complexity index is 765. The van der Waals surface area contributed by atoms with Crippen LogP contribution in [0.25, 0.3) is 0 Å². The number of anilines is 4. The quantitative estimate of drug-likeness (QED) is 0.826. The van der Waals surface area contributed by atoms with Crippen LogP contribution in [0.3, 0.4) is 0 Å². The number of carbonyl (C=O) groups is 1. The first kappa shape index (κ1) is 17.0. The fourth-order valence-corrected chi connectivity index (χ4v) is 3.14. The molecule has 2 aromatic rings. The van der Waals surface area contributed by atoms with E-state index < -0.39 is 5.97 Å². The minimum atomic E-state index is -0.416. The van der Waals surface area contributed by atoms with Crippen molar-refractivity contribution in [3.8, 4) is 0 Å². The third kappa shape index (κ3) is 3.50. The van der Waals surface area contributed by atoms with E-state index in [9.17, 15) is 4.79 Å². The number of carbonyl (C=O) groups excluding carboxylic acids is 1. The molecule has 0 radical (unpaired) electrons. The number of para-hydroxylation sites is 1. The van der Waals surface area contributed by atoms with Gasteiger partial charge >= 0.3 is 5.97 Å². The van der Waals surface area contributed by atoms with E-state index in [4.69, 9.17) is 10.5 Å².